The van der Waals surface area contributed by atoms with Gasteiger partial charge in [0.25, 0.3) is 0 Å². The fraction of sp³-hybridized carbons (Fsp3) is 0.0625. The molecule has 3 aromatic rings. The van der Waals surface area contributed by atoms with Crippen LogP contribution in [0, 0.1) is 0 Å². The molecule has 9 heteroatoms. The van der Waals surface area contributed by atoms with Gasteiger partial charge in [-0.3, -0.25) is 9.52 Å². The molecule has 0 amide bonds. The first kappa shape index (κ1) is 17.1. The third kappa shape index (κ3) is 3.52. The normalized spacial score (nSPS) is 11.6. The van der Waals surface area contributed by atoms with Crippen LogP contribution in [0.5, 0.6) is 5.75 Å². The Hall–Kier alpha value is -2.77. The molecular formula is C16H11Cl2N3O4. The molecular weight excluding hydrogens is 369 g/mol. The summed E-state index contributed by atoms with van der Waals surface area (Å²) in [7, 11) is 1.53. The second-order valence-electron chi connectivity index (χ2n) is 4.88. The Balaban J connectivity index is 2.04. The van der Waals surface area contributed by atoms with E-state index in [2.05, 4.69) is 10.3 Å². The molecule has 128 valence electrons. The standard InChI is InChI=1S/C16H11Cl2N3O4/c1-24-11-5-3-10(4-6-11)21-14(16(23)25-20-21)15(22)19-9-2-7-12(17)13(18)8-9/h2-8H,1H3,(H-,19,20,22,23). The average molecular weight is 380 g/mol. The number of halogens is 2. The third-order valence-electron chi connectivity index (χ3n) is 3.31. The van der Waals surface area contributed by atoms with Crippen LogP contribution >= 0.6 is 23.2 Å². The van der Waals surface area contributed by atoms with Crippen LogP contribution in [0.3, 0.4) is 0 Å². The van der Waals surface area contributed by atoms with E-state index in [1.165, 1.54) is 30.0 Å². The lowest BCUT2D eigenvalue weighted by molar-refractivity contribution is -0.673. The van der Waals surface area contributed by atoms with Gasteiger partial charge in [-0.2, -0.15) is 0 Å². The number of nitrogens with zero attached hydrogens (tertiary/aromatic N) is 2. The Labute approximate surface area is 151 Å². The van der Waals surface area contributed by atoms with Crippen molar-refractivity contribution in [1.29, 1.82) is 0 Å². The van der Waals surface area contributed by atoms with Crippen molar-refractivity contribution < 1.29 is 19.0 Å². The van der Waals surface area contributed by atoms with Gasteiger partial charge in [0, 0.05) is 12.1 Å². The molecule has 0 radical (unpaired) electrons. The first-order valence-corrected chi connectivity index (χ1v) is 7.74. The number of ether oxygens (including phenoxy) is 1. The Morgan fingerprint density at radius 1 is 1.20 bits per heavy atom. The Morgan fingerprint density at radius 3 is 2.56 bits per heavy atom. The second-order valence-corrected chi connectivity index (χ2v) is 5.69. The molecule has 1 heterocycles. The van der Waals surface area contributed by atoms with Gasteiger partial charge in [-0.1, -0.05) is 23.2 Å². The van der Waals surface area contributed by atoms with Crippen molar-refractivity contribution in [2.75, 3.05) is 7.11 Å². The number of aliphatic imine (C=N–C) groups is 1. The van der Waals surface area contributed by atoms with Gasteiger partial charge in [0.1, 0.15) is 5.75 Å². The molecule has 0 bridgehead atoms. The largest absolute Gasteiger partial charge is 0.854 e. The molecule has 0 aliphatic carbocycles. The Bertz CT molecular complexity index is 993. The fourth-order valence-electron chi connectivity index (χ4n) is 2.09. The minimum atomic E-state index is -0.843. The van der Waals surface area contributed by atoms with Crippen molar-refractivity contribution in [1.82, 2.24) is 5.27 Å². The number of aromatic amines is 1. The summed E-state index contributed by atoms with van der Waals surface area (Å²) in [5, 5.41) is 15.4. The number of rotatable bonds is 4. The van der Waals surface area contributed by atoms with Gasteiger partial charge >= 0.3 is 11.3 Å². The summed E-state index contributed by atoms with van der Waals surface area (Å²) < 4.78 is 11.0. The van der Waals surface area contributed by atoms with Gasteiger partial charge in [-0.05, 0) is 40.3 Å². The van der Waals surface area contributed by atoms with Crippen molar-refractivity contribution in [3.63, 3.8) is 0 Å². The number of benzene rings is 2. The molecule has 0 saturated heterocycles. The molecule has 0 saturated carbocycles. The summed E-state index contributed by atoms with van der Waals surface area (Å²) in [6, 6.07) is 11.1. The van der Waals surface area contributed by atoms with Crippen molar-refractivity contribution in [3.05, 3.63) is 68.6 Å². The van der Waals surface area contributed by atoms with Crippen molar-refractivity contribution >= 4 is 34.8 Å². The van der Waals surface area contributed by atoms with Gasteiger partial charge < -0.3 is 9.84 Å². The zero-order valence-corrected chi connectivity index (χ0v) is 14.3. The average Bonchev–Trinajstić information content (AvgIpc) is 3.00. The highest BCUT2D eigenvalue weighted by Gasteiger charge is 2.24. The maximum atomic E-state index is 12.4. The molecule has 2 aromatic carbocycles. The summed E-state index contributed by atoms with van der Waals surface area (Å²) in [5.41, 5.74) is -0.360. The molecule has 3 rings (SSSR count). The monoisotopic (exact) mass is 379 g/mol. The summed E-state index contributed by atoms with van der Waals surface area (Å²) >= 11 is 11.7. The van der Waals surface area contributed by atoms with Crippen LogP contribution in [0.25, 0.3) is 5.69 Å². The Kier molecular flexibility index (Phi) is 4.78. The first-order valence-electron chi connectivity index (χ1n) is 6.98. The Morgan fingerprint density at radius 2 is 1.92 bits per heavy atom. The highest BCUT2D eigenvalue weighted by molar-refractivity contribution is 6.42. The molecule has 0 fully saturated rings. The number of H-pyrrole nitrogens is 1. The highest BCUT2D eigenvalue weighted by atomic mass is 35.5. The quantitative estimate of drug-likeness (QED) is 0.426. The fourth-order valence-corrected chi connectivity index (χ4v) is 2.39. The maximum Gasteiger partial charge on any atom is 0.436 e. The highest BCUT2D eigenvalue weighted by Crippen LogP contribution is 2.26. The van der Waals surface area contributed by atoms with E-state index in [0.29, 0.717) is 16.5 Å². The van der Waals surface area contributed by atoms with Crippen molar-refractivity contribution in [2.24, 2.45) is 4.99 Å². The smallest absolute Gasteiger partial charge is 0.436 e. The number of hydrogen-bond acceptors (Lipinski definition) is 5. The van der Waals surface area contributed by atoms with Crippen LogP contribution in [-0.2, 0) is 0 Å². The van der Waals surface area contributed by atoms with Crippen LogP contribution in [0.4, 0.5) is 5.69 Å². The van der Waals surface area contributed by atoms with E-state index in [1.807, 2.05) is 0 Å². The zero-order valence-electron chi connectivity index (χ0n) is 12.8. The topological polar surface area (TPSA) is 94.5 Å². The van der Waals surface area contributed by atoms with Crippen LogP contribution in [0.1, 0.15) is 5.69 Å². The van der Waals surface area contributed by atoms with E-state index in [-0.39, 0.29) is 16.4 Å². The van der Waals surface area contributed by atoms with E-state index >= 15 is 0 Å². The molecule has 0 aliphatic heterocycles. The number of nitrogens with one attached hydrogen (secondary N) is 1. The zero-order chi connectivity index (χ0) is 18.0. The van der Waals surface area contributed by atoms with Crippen LogP contribution in [0.2, 0.25) is 10.0 Å². The predicted octanol–water partition coefficient (Wildman–Crippen LogP) is 2.00. The summed E-state index contributed by atoms with van der Waals surface area (Å²) in [6.07, 6.45) is 0. The first-order chi connectivity index (χ1) is 12.0. The second kappa shape index (κ2) is 7.00. The number of methoxy groups -OCH3 is 1. The van der Waals surface area contributed by atoms with E-state index in [0.717, 1.165) is 0 Å². The maximum absolute atomic E-state index is 12.4. The minimum Gasteiger partial charge on any atom is -0.854 e. The molecule has 7 nitrogen and oxygen atoms in total. The van der Waals surface area contributed by atoms with E-state index in [1.54, 1.807) is 24.3 Å². The van der Waals surface area contributed by atoms with E-state index < -0.39 is 11.5 Å². The molecule has 25 heavy (non-hydrogen) atoms. The van der Waals surface area contributed by atoms with Crippen LogP contribution in [0.15, 0.2) is 56.8 Å². The number of aromatic nitrogens is 2. The van der Waals surface area contributed by atoms with Crippen molar-refractivity contribution in [3.8, 4) is 11.4 Å². The lowest BCUT2D eigenvalue weighted by Gasteiger charge is -2.05. The SMILES string of the molecule is COc1ccc(-[n+]2[nH]oc(=O)c2C([O-])=Nc2ccc(Cl)c(Cl)c2)cc1. The summed E-state index contributed by atoms with van der Waals surface area (Å²) in [4.78, 5) is 15.8. The molecule has 0 unspecified atom stereocenters. The lowest BCUT2D eigenvalue weighted by atomic mass is 10.3. The van der Waals surface area contributed by atoms with Gasteiger partial charge in [-0.25, -0.2) is 4.79 Å². The lowest BCUT2D eigenvalue weighted by Crippen LogP contribution is -2.44. The third-order valence-corrected chi connectivity index (χ3v) is 4.05. The van der Waals surface area contributed by atoms with Crippen LogP contribution < -0.4 is 20.2 Å². The van der Waals surface area contributed by atoms with Gasteiger partial charge in [-0.15, -0.1) is 0 Å². The molecule has 0 spiro atoms. The van der Waals surface area contributed by atoms with E-state index in [4.69, 9.17) is 32.5 Å². The van der Waals surface area contributed by atoms with Gasteiger partial charge in [0.15, 0.2) is 0 Å². The molecule has 0 aliphatic rings. The molecule has 0 atom stereocenters. The van der Waals surface area contributed by atoms with Gasteiger partial charge in [0.2, 0.25) is 5.69 Å². The van der Waals surface area contributed by atoms with E-state index in [9.17, 15) is 9.90 Å². The predicted molar refractivity (Wildman–Crippen MR) is 90.1 cm³/mol. The molecule has 1 N–H and O–H groups in total. The van der Waals surface area contributed by atoms with Crippen LogP contribution in [-0.4, -0.2) is 18.3 Å². The molecule has 1 aromatic heterocycles. The minimum absolute atomic E-state index is 0.250. The van der Waals surface area contributed by atoms with Gasteiger partial charge in [0.05, 0.1) is 28.7 Å². The summed E-state index contributed by atoms with van der Waals surface area (Å²) in [6.45, 7) is 0. The number of hydrogen-bond donors (Lipinski definition) is 1. The van der Waals surface area contributed by atoms with Crippen molar-refractivity contribution in [2.45, 2.75) is 0 Å². The summed E-state index contributed by atoms with van der Waals surface area (Å²) in [5.74, 6) is -0.159.